The number of benzene rings is 2. The Labute approximate surface area is 171 Å². The fourth-order valence-electron chi connectivity index (χ4n) is 3.36. The lowest BCUT2D eigenvalue weighted by Crippen LogP contribution is -2.37. The van der Waals surface area contributed by atoms with Crippen molar-refractivity contribution in [2.24, 2.45) is 10.2 Å². The SMILES string of the molecule is O=C(N=Nc1c(O)n(CN2CCOCC2)c2ccccc12)c1cccc([N+](=O)[O-])c1. The van der Waals surface area contributed by atoms with Crippen molar-refractivity contribution < 1.29 is 19.6 Å². The number of carbonyl (C=O) groups is 1. The van der Waals surface area contributed by atoms with Gasteiger partial charge in [0.25, 0.3) is 11.6 Å². The van der Waals surface area contributed by atoms with Gasteiger partial charge >= 0.3 is 0 Å². The first-order valence-electron chi connectivity index (χ1n) is 9.35. The summed E-state index contributed by atoms with van der Waals surface area (Å²) in [5.41, 5.74) is 0.779. The molecule has 0 unspecified atom stereocenters. The number of non-ortho nitro benzene ring substituents is 1. The topological polar surface area (TPSA) is 123 Å². The Hall–Kier alpha value is -3.63. The lowest BCUT2D eigenvalue weighted by molar-refractivity contribution is -0.384. The number of hydrogen-bond acceptors (Lipinski definition) is 7. The minimum Gasteiger partial charge on any atom is -0.493 e. The van der Waals surface area contributed by atoms with Gasteiger partial charge < -0.3 is 9.84 Å². The monoisotopic (exact) mass is 409 g/mol. The third kappa shape index (κ3) is 3.91. The molecule has 1 aliphatic rings. The molecule has 3 aromatic rings. The molecule has 0 bridgehead atoms. The maximum Gasteiger partial charge on any atom is 0.295 e. The molecule has 0 radical (unpaired) electrons. The number of hydrogen-bond donors (Lipinski definition) is 1. The summed E-state index contributed by atoms with van der Waals surface area (Å²) in [5.74, 6) is -0.832. The highest BCUT2D eigenvalue weighted by atomic mass is 16.6. The number of amides is 1. The van der Waals surface area contributed by atoms with Gasteiger partial charge in [0.1, 0.15) is 0 Å². The number of nitrogens with zero attached hydrogens (tertiary/aromatic N) is 5. The van der Waals surface area contributed by atoms with E-state index in [1.807, 2.05) is 18.2 Å². The van der Waals surface area contributed by atoms with Crippen molar-refractivity contribution in [1.82, 2.24) is 9.47 Å². The van der Waals surface area contributed by atoms with Crippen LogP contribution in [0, 0.1) is 10.1 Å². The van der Waals surface area contributed by atoms with Crippen LogP contribution in [0.1, 0.15) is 10.4 Å². The number of azo groups is 1. The van der Waals surface area contributed by atoms with Crippen LogP contribution in [0.5, 0.6) is 5.88 Å². The molecule has 10 nitrogen and oxygen atoms in total. The number of rotatable bonds is 5. The zero-order valence-corrected chi connectivity index (χ0v) is 16.0. The predicted octanol–water partition coefficient (Wildman–Crippen LogP) is 3.47. The lowest BCUT2D eigenvalue weighted by atomic mass is 10.2. The number of aromatic nitrogens is 1. The molecular formula is C20H19N5O5. The van der Waals surface area contributed by atoms with Gasteiger partial charge in [-0.2, -0.15) is 0 Å². The number of nitro groups is 1. The Kier molecular flexibility index (Phi) is 5.50. The van der Waals surface area contributed by atoms with E-state index in [-0.39, 0.29) is 22.8 Å². The van der Waals surface area contributed by atoms with Crippen molar-refractivity contribution in [3.05, 3.63) is 64.2 Å². The van der Waals surface area contributed by atoms with Gasteiger partial charge in [-0.1, -0.05) is 24.3 Å². The molecule has 2 aromatic carbocycles. The van der Waals surface area contributed by atoms with Crippen molar-refractivity contribution in [2.45, 2.75) is 6.67 Å². The normalized spacial score (nSPS) is 15.1. The van der Waals surface area contributed by atoms with E-state index < -0.39 is 10.8 Å². The van der Waals surface area contributed by atoms with E-state index in [1.165, 1.54) is 18.2 Å². The molecule has 1 N–H and O–H groups in total. The molecule has 30 heavy (non-hydrogen) atoms. The number of carbonyl (C=O) groups excluding carboxylic acids is 1. The summed E-state index contributed by atoms with van der Waals surface area (Å²) in [5, 5.41) is 30.0. The van der Waals surface area contributed by atoms with E-state index >= 15 is 0 Å². The number of aromatic hydroxyl groups is 1. The summed E-state index contributed by atoms with van der Waals surface area (Å²) in [6, 6.07) is 12.6. The van der Waals surface area contributed by atoms with Crippen molar-refractivity contribution in [1.29, 1.82) is 0 Å². The molecule has 1 aromatic heterocycles. The smallest absolute Gasteiger partial charge is 0.295 e. The third-order valence-electron chi connectivity index (χ3n) is 4.91. The fourth-order valence-corrected chi connectivity index (χ4v) is 3.36. The summed E-state index contributed by atoms with van der Waals surface area (Å²) in [4.78, 5) is 24.8. The summed E-state index contributed by atoms with van der Waals surface area (Å²) >= 11 is 0. The van der Waals surface area contributed by atoms with Gasteiger partial charge in [0.05, 0.1) is 35.9 Å². The first-order valence-corrected chi connectivity index (χ1v) is 9.35. The Balaban J connectivity index is 1.65. The maximum absolute atomic E-state index is 12.4. The van der Waals surface area contributed by atoms with Crippen molar-refractivity contribution in [2.75, 3.05) is 26.3 Å². The first-order chi connectivity index (χ1) is 14.5. The average molecular weight is 409 g/mol. The van der Waals surface area contributed by atoms with Crippen molar-refractivity contribution >= 4 is 28.2 Å². The quantitative estimate of drug-likeness (QED) is 0.391. The van der Waals surface area contributed by atoms with Gasteiger partial charge in [0.15, 0.2) is 5.69 Å². The average Bonchev–Trinajstić information content (AvgIpc) is 3.04. The van der Waals surface area contributed by atoms with Crippen LogP contribution in [-0.2, 0) is 11.4 Å². The lowest BCUT2D eigenvalue weighted by Gasteiger charge is -2.27. The van der Waals surface area contributed by atoms with E-state index in [2.05, 4.69) is 15.1 Å². The van der Waals surface area contributed by atoms with E-state index in [9.17, 15) is 20.0 Å². The van der Waals surface area contributed by atoms with Crippen LogP contribution >= 0.6 is 0 Å². The zero-order valence-electron chi connectivity index (χ0n) is 16.0. The second-order valence-corrected chi connectivity index (χ2v) is 6.80. The van der Waals surface area contributed by atoms with Crippen LogP contribution < -0.4 is 0 Å². The van der Waals surface area contributed by atoms with Gasteiger partial charge in [-0.15, -0.1) is 10.2 Å². The highest BCUT2D eigenvalue weighted by Gasteiger charge is 2.20. The summed E-state index contributed by atoms with van der Waals surface area (Å²) in [6.07, 6.45) is 0. The van der Waals surface area contributed by atoms with Gasteiger partial charge in [-0.3, -0.25) is 24.4 Å². The maximum atomic E-state index is 12.4. The zero-order chi connectivity index (χ0) is 21.1. The molecule has 1 saturated heterocycles. The Morgan fingerprint density at radius 3 is 2.70 bits per heavy atom. The molecule has 154 valence electrons. The van der Waals surface area contributed by atoms with Gasteiger partial charge in [-0.05, 0) is 12.1 Å². The number of fused-ring (bicyclic) bond motifs is 1. The van der Waals surface area contributed by atoms with E-state index in [0.717, 1.165) is 24.7 Å². The molecule has 1 fully saturated rings. The van der Waals surface area contributed by atoms with Gasteiger partial charge in [0, 0.05) is 30.6 Å². The van der Waals surface area contributed by atoms with Crippen LogP contribution in [0.4, 0.5) is 11.4 Å². The van der Waals surface area contributed by atoms with Crippen LogP contribution in [0.2, 0.25) is 0 Å². The molecule has 2 heterocycles. The summed E-state index contributed by atoms with van der Waals surface area (Å²) in [6.45, 7) is 3.20. The minimum absolute atomic E-state index is 0.0458. The minimum atomic E-state index is -0.733. The highest BCUT2D eigenvalue weighted by molar-refractivity contribution is 5.97. The van der Waals surface area contributed by atoms with Gasteiger partial charge in [-0.25, -0.2) is 0 Å². The molecule has 10 heteroatoms. The molecule has 0 saturated carbocycles. The summed E-state index contributed by atoms with van der Waals surface area (Å²) < 4.78 is 7.08. The van der Waals surface area contributed by atoms with E-state index in [4.69, 9.17) is 4.74 Å². The molecular weight excluding hydrogens is 390 g/mol. The fraction of sp³-hybridized carbons (Fsp3) is 0.250. The molecule has 1 amide bonds. The van der Waals surface area contributed by atoms with Crippen LogP contribution in [-0.4, -0.2) is 51.7 Å². The second kappa shape index (κ2) is 8.39. The van der Waals surface area contributed by atoms with Gasteiger partial charge in [0.2, 0.25) is 5.88 Å². The number of para-hydroxylation sites is 1. The Bertz CT molecular complexity index is 1130. The highest BCUT2D eigenvalue weighted by Crippen LogP contribution is 2.39. The first kappa shape index (κ1) is 19.7. The van der Waals surface area contributed by atoms with E-state index in [1.54, 1.807) is 10.6 Å². The number of nitro benzene ring substituents is 1. The molecule has 0 atom stereocenters. The van der Waals surface area contributed by atoms with Crippen LogP contribution in [0.3, 0.4) is 0 Å². The van der Waals surface area contributed by atoms with Crippen molar-refractivity contribution in [3.8, 4) is 5.88 Å². The Morgan fingerprint density at radius 1 is 1.17 bits per heavy atom. The largest absolute Gasteiger partial charge is 0.493 e. The summed E-state index contributed by atoms with van der Waals surface area (Å²) in [7, 11) is 0. The standard InChI is InChI=1S/C20H19N5O5/c26-19(14-4-3-5-15(12-14)25(28)29)22-21-18-16-6-1-2-7-17(16)24(20(18)27)13-23-8-10-30-11-9-23/h1-7,12,27H,8-11,13H2. The number of ether oxygens (including phenoxy) is 1. The molecule has 0 aliphatic carbocycles. The van der Waals surface area contributed by atoms with Crippen LogP contribution in [0.15, 0.2) is 58.8 Å². The third-order valence-corrected chi connectivity index (χ3v) is 4.91. The van der Waals surface area contributed by atoms with Crippen LogP contribution in [0.25, 0.3) is 10.9 Å². The predicted molar refractivity (Wildman–Crippen MR) is 108 cm³/mol. The Morgan fingerprint density at radius 2 is 1.93 bits per heavy atom. The second-order valence-electron chi connectivity index (χ2n) is 6.80. The van der Waals surface area contributed by atoms with Crippen molar-refractivity contribution in [3.63, 3.8) is 0 Å². The molecule has 1 aliphatic heterocycles. The molecule has 0 spiro atoms. The van der Waals surface area contributed by atoms with E-state index in [0.29, 0.717) is 25.3 Å². The number of morpholine rings is 1. The molecule has 4 rings (SSSR count).